The van der Waals surface area contributed by atoms with Gasteiger partial charge in [-0.25, -0.2) is 0 Å². The number of rotatable bonds is 7. The number of nitriles is 1. The first-order valence-electron chi connectivity index (χ1n) is 6.07. The molecule has 1 aromatic carbocycles. The standard InChI is InChI=1S/C14H20N2OS/c1-11(2)10-17-8-7-16-13-5-4-6-14(18-3)12(13)9-15/h4-6,11,16H,7-8,10H2,1-3H3. The van der Waals surface area contributed by atoms with Crippen molar-refractivity contribution < 1.29 is 4.74 Å². The second-order valence-corrected chi connectivity index (χ2v) is 5.24. The number of benzene rings is 1. The van der Waals surface area contributed by atoms with Gasteiger partial charge in [0.1, 0.15) is 6.07 Å². The van der Waals surface area contributed by atoms with Gasteiger partial charge in [-0.2, -0.15) is 5.26 Å². The molecule has 0 aliphatic heterocycles. The van der Waals surface area contributed by atoms with E-state index in [-0.39, 0.29) is 0 Å². The predicted molar refractivity (Wildman–Crippen MR) is 77.1 cm³/mol. The third kappa shape index (κ3) is 4.59. The molecule has 0 heterocycles. The van der Waals surface area contributed by atoms with Crippen LogP contribution in [-0.2, 0) is 4.74 Å². The van der Waals surface area contributed by atoms with Crippen molar-refractivity contribution in [3.8, 4) is 6.07 Å². The van der Waals surface area contributed by atoms with Crippen molar-refractivity contribution in [1.29, 1.82) is 5.26 Å². The van der Waals surface area contributed by atoms with Gasteiger partial charge >= 0.3 is 0 Å². The van der Waals surface area contributed by atoms with Crippen LogP contribution in [0.1, 0.15) is 19.4 Å². The Kier molecular flexibility index (Phi) is 6.63. The molecule has 98 valence electrons. The van der Waals surface area contributed by atoms with Gasteiger partial charge in [-0.05, 0) is 24.3 Å². The number of hydrogen-bond donors (Lipinski definition) is 1. The molecule has 0 aliphatic carbocycles. The lowest BCUT2D eigenvalue weighted by Crippen LogP contribution is -2.12. The number of hydrogen-bond acceptors (Lipinski definition) is 4. The highest BCUT2D eigenvalue weighted by Gasteiger charge is 2.06. The van der Waals surface area contributed by atoms with Crippen LogP contribution in [0.5, 0.6) is 0 Å². The lowest BCUT2D eigenvalue weighted by atomic mass is 10.2. The van der Waals surface area contributed by atoms with E-state index in [1.54, 1.807) is 11.8 Å². The highest BCUT2D eigenvalue weighted by molar-refractivity contribution is 7.98. The summed E-state index contributed by atoms with van der Waals surface area (Å²) in [5.41, 5.74) is 1.60. The largest absolute Gasteiger partial charge is 0.382 e. The first-order chi connectivity index (χ1) is 8.69. The Morgan fingerprint density at radius 1 is 1.44 bits per heavy atom. The quantitative estimate of drug-likeness (QED) is 0.606. The highest BCUT2D eigenvalue weighted by atomic mass is 32.2. The lowest BCUT2D eigenvalue weighted by molar-refractivity contribution is 0.118. The number of anilines is 1. The van der Waals surface area contributed by atoms with Crippen molar-refractivity contribution >= 4 is 17.4 Å². The van der Waals surface area contributed by atoms with Crippen molar-refractivity contribution in [3.05, 3.63) is 23.8 Å². The van der Waals surface area contributed by atoms with Gasteiger partial charge in [0.05, 0.1) is 17.9 Å². The van der Waals surface area contributed by atoms with Crippen molar-refractivity contribution in [2.24, 2.45) is 5.92 Å². The van der Waals surface area contributed by atoms with Crippen LogP contribution in [0.25, 0.3) is 0 Å². The Morgan fingerprint density at radius 2 is 2.22 bits per heavy atom. The summed E-state index contributed by atoms with van der Waals surface area (Å²) in [6, 6.07) is 8.11. The summed E-state index contributed by atoms with van der Waals surface area (Å²) in [5.74, 6) is 0.555. The van der Waals surface area contributed by atoms with Gasteiger partial charge in [0.25, 0.3) is 0 Å². The Balaban J connectivity index is 2.50. The minimum Gasteiger partial charge on any atom is -0.382 e. The molecule has 0 atom stereocenters. The van der Waals surface area contributed by atoms with Crippen molar-refractivity contribution in [2.75, 3.05) is 31.3 Å². The molecule has 1 aromatic rings. The number of ether oxygens (including phenoxy) is 1. The van der Waals surface area contributed by atoms with Crippen molar-refractivity contribution in [3.63, 3.8) is 0 Å². The van der Waals surface area contributed by atoms with E-state index in [1.165, 1.54) is 0 Å². The third-order valence-electron chi connectivity index (χ3n) is 2.37. The molecule has 0 unspecified atom stereocenters. The number of nitrogens with one attached hydrogen (secondary N) is 1. The van der Waals surface area contributed by atoms with Crippen LogP contribution in [0, 0.1) is 17.2 Å². The Morgan fingerprint density at radius 3 is 2.83 bits per heavy atom. The fourth-order valence-electron chi connectivity index (χ4n) is 1.54. The van der Waals surface area contributed by atoms with E-state index >= 15 is 0 Å². The predicted octanol–water partition coefficient (Wildman–Crippen LogP) is 3.36. The summed E-state index contributed by atoms with van der Waals surface area (Å²) in [5, 5.41) is 12.4. The average Bonchev–Trinajstić information content (AvgIpc) is 2.37. The summed E-state index contributed by atoms with van der Waals surface area (Å²) in [7, 11) is 0. The van der Waals surface area contributed by atoms with Crippen molar-refractivity contribution in [2.45, 2.75) is 18.7 Å². The smallest absolute Gasteiger partial charge is 0.102 e. The highest BCUT2D eigenvalue weighted by Crippen LogP contribution is 2.25. The maximum atomic E-state index is 9.17. The zero-order chi connectivity index (χ0) is 13.4. The van der Waals surface area contributed by atoms with Crippen LogP contribution in [0.2, 0.25) is 0 Å². The van der Waals surface area contributed by atoms with Crippen LogP contribution < -0.4 is 5.32 Å². The van der Waals surface area contributed by atoms with E-state index in [9.17, 15) is 5.26 Å². The Hall–Kier alpha value is -1.18. The van der Waals surface area contributed by atoms with Gasteiger partial charge < -0.3 is 10.1 Å². The van der Waals surface area contributed by atoms with Crippen LogP contribution in [0.3, 0.4) is 0 Å². The van der Waals surface area contributed by atoms with Crippen LogP contribution in [0.15, 0.2) is 23.1 Å². The lowest BCUT2D eigenvalue weighted by Gasteiger charge is -2.11. The summed E-state index contributed by atoms with van der Waals surface area (Å²) in [4.78, 5) is 1.01. The van der Waals surface area contributed by atoms with E-state index in [4.69, 9.17) is 4.74 Å². The molecule has 1 rings (SSSR count). The minimum atomic E-state index is 0.555. The molecule has 0 fully saturated rings. The minimum absolute atomic E-state index is 0.555. The molecule has 18 heavy (non-hydrogen) atoms. The molecule has 0 aromatic heterocycles. The van der Waals surface area contributed by atoms with Crippen LogP contribution in [-0.4, -0.2) is 26.0 Å². The molecule has 0 bridgehead atoms. The van der Waals surface area contributed by atoms with Gasteiger partial charge in [0.15, 0.2) is 0 Å². The van der Waals surface area contributed by atoms with E-state index in [0.29, 0.717) is 18.1 Å². The normalized spacial score (nSPS) is 10.4. The summed E-state index contributed by atoms with van der Waals surface area (Å²) in [6.45, 7) is 6.41. The zero-order valence-corrected chi connectivity index (χ0v) is 12.0. The summed E-state index contributed by atoms with van der Waals surface area (Å²) in [6.07, 6.45) is 1.98. The SMILES string of the molecule is CSc1cccc(NCCOCC(C)C)c1C#N. The van der Waals surface area contributed by atoms with Gasteiger partial charge in [0.2, 0.25) is 0 Å². The van der Waals surface area contributed by atoms with E-state index in [0.717, 1.165) is 23.7 Å². The van der Waals surface area contributed by atoms with Crippen LogP contribution in [0.4, 0.5) is 5.69 Å². The topological polar surface area (TPSA) is 45.0 Å². The fourth-order valence-corrected chi connectivity index (χ4v) is 2.12. The number of nitrogens with zero attached hydrogens (tertiary/aromatic N) is 1. The Labute approximate surface area is 114 Å². The fraction of sp³-hybridized carbons (Fsp3) is 0.500. The molecule has 0 saturated heterocycles. The molecule has 0 saturated carbocycles. The molecule has 0 spiro atoms. The first kappa shape index (κ1) is 14.9. The average molecular weight is 264 g/mol. The maximum Gasteiger partial charge on any atom is 0.102 e. The molecule has 1 N–H and O–H groups in total. The summed E-state index contributed by atoms with van der Waals surface area (Å²) < 4.78 is 5.50. The molecule has 0 aliphatic rings. The number of thioether (sulfide) groups is 1. The van der Waals surface area contributed by atoms with E-state index in [2.05, 4.69) is 25.2 Å². The first-order valence-corrected chi connectivity index (χ1v) is 7.30. The molecule has 3 nitrogen and oxygen atoms in total. The zero-order valence-electron chi connectivity index (χ0n) is 11.2. The van der Waals surface area contributed by atoms with E-state index < -0.39 is 0 Å². The van der Waals surface area contributed by atoms with Gasteiger partial charge in [-0.15, -0.1) is 11.8 Å². The monoisotopic (exact) mass is 264 g/mol. The summed E-state index contributed by atoms with van der Waals surface area (Å²) >= 11 is 1.59. The molecular weight excluding hydrogens is 244 g/mol. The molecule has 4 heteroatoms. The molecule has 0 amide bonds. The van der Waals surface area contributed by atoms with Gasteiger partial charge in [0, 0.05) is 18.0 Å². The molecular formula is C14H20N2OS. The van der Waals surface area contributed by atoms with Gasteiger partial charge in [-0.3, -0.25) is 0 Å². The second-order valence-electron chi connectivity index (χ2n) is 4.39. The maximum absolute atomic E-state index is 9.17. The van der Waals surface area contributed by atoms with Crippen molar-refractivity contribution in [1.82, 2.24) is 0 Å². The van der Waals surface area contributed by atoms with E-state index in [1.807, 2.05) is 24.5 Å². The Bertz CT molecular complexity index is 413. The van der Waals surface area contributed by atoms with Gasteiger partial charge in [-0.1, -0.05) is 19.9 Å². The third-order valence-corrected chi connectivity index (χ3v) is 3.15. The van der Waals surface area contributed by atoms with Crippen LogP contribution >= 0.6 is 11.8 Å². The second kappa shape index (κ2) is 8.02. The molecule has 0 radical (unpaired) electrons.